The number of anilines is 1. The van der Waals surface area contributed by atoms with Gasteiger partial charge in [0.05, 0.1) is 14.2 Å². The molecule has 0 spiro atoms. The summed E-state index contributed by atoms with van der Waals surface area (Å²) >= 11 is 0. The summed E-state index contributed by atoms with van der Waals surface area (Å²) in [7, 11) is 3.33. The summed E-state index contributed by atoms with van der Waals surface area (Å²) in [5, 5.41) is 0. The first-order valence-electron chi connectivity index (χ1n) is 10.0. The number of piperazine rings is 1. The summed E-state index contributed by atoms with van der Waals surface area (Å²) in [6, 6.07) is 16.0. The van der Waals surface area contributed by atoms with Crippen molar-refractivity contribution in [3.63, 3.8) is 0 Å². The van der Waals surface area contributed by atoms with Gasteiger partial charge >= 0.3 is 0 Å². The van der Waals surface area contributed by atoms with Gasteiger partial charge in [-0.2, -0.15) is 0 Å². The highest BCUT2D eigenvalue weighted by atomic mass is 16.5. The Labute approximate surface area is 171 Å². The molecular formula is C22H28N4O3. The van der Waals surface area contributed by atoms with E-state index in [1.807, 2.05) is 41.3 Å². The van der Waals surface area contributed by atoms with E-state index < -0.39 is 0 Å². The zero-order valence-corrected chi connectivity index (χ0v) is 16.9. The fourth-order valence-corrected chi connectivity index (χ4v) is 3.97. The third kappa shape index (κ3) is 4.31. The molecule has 2 atom stereocenters. The zero-order valence-electron chi connectivity index (χ0n) is 16.9. The number of amides is 1. The van der Waals surface area contributed by atoms with Gasteiger partial charge in [0.25, 0.3) is 0 Å². The number of methoxy groups -OCH3 is 2. The Kier molecular flexibility index (Phi) is 5.87. The van der Waals surface area contributed by atoms with Crippen molar-refractivity contribution in [1.82, 2.24) is 15.8 Å². The summed E-state index contributed by atoms with van der Waals surface area (Å²) in [5.41, 5.74) is 8.77. The predicted molar refractivity (Wildman–Crippen MR) is 112 cm³/mol. The van der Waals surface area contributed by atoms with Crippen molar-refractivity contribution in [2.24, 2.45) is 0 Å². The molecule has 0 bridgehead atoms. The molecule has 2 saturated heterocycles. The fraction of sp³-hybridized carbons (Fsp3) is 0.409. The minimum Gasteiger partial charge on any atom is -0.497 e. The topological polar surface area (TPSA) is 66.1 Å². The molecule has 0 aromatic heterocycles. The molecule has 2 aliphatic heterocycles. The van der Waals surface area contributed by atoms with Gasteiger partial charge in [-0.25, -0.2) is 10.9 Å². The van der Waals surface area contributed by atoms with E-state index >= 15 is 0 Å². The van der Waals surface area contributed by atoms with E-state index in [9.17, 15) is 4.79 Å². The summed E-state index contributed by atoms with van der Waals surface area (Å²) < 4.78 is 10.4. The molecule has 2 unspecified atom stereocenters. The Bertz CT molecular complexity index is 817. The van der Waals surface area contributed by atoms with Crippen LogP contribution in [0.4, 0.5) is 5.69 Å². The second-order valence-electron chi connectivity index (χ2n) is 7.41. The van der Waals surface area contributed by atoms with Gasteiger partial charge in [-0.3, -0.25) is 4.79 Å². The van der Waals surface area contributed by atoms with Crippen LogP contribution in [-0.4, -0.2) is 57.2 Å². The maximum Gasteiger partial charge on any atom is 0.241 e. The molecule has 29 heavy (non-hydrogen) atoms. The normalized spacial score (nSPS) is 21.9. The van der Waals surface area contributed by atoms with Crippen molar-refractivity contribution in [3.8, 4) is 11.5 Å². The van der Waals surface area contributed by atoms with E-state index in [4.69, 9.17) is 9.47 Å². The van der Waals surface area contributed by atoms with Crippen molar-refractivity contribution in [3.05, 3.63) is 54.1 Å². The Morgan fingerprint density at radius 2 is 1.45 bits per heavy atom. The predicted octanol–water partition coefficient (Wildman–Crippen LogP) is 1.96. The van der Waals surface area contributed by atoms with E-state index in [0.29, 0.717) is 0 Å². The highest BCUT2D eigenvalue weighted by Crippen LogP contribution is 2.26. The van der Waals surface area contributed by atoms with Gasteiger partial charge in [0.15, 0.2) is 0 Å². The molecule has 0 saturated carbocycles. The maximum absolute atomic E-state index is 13.0. The number of nitrogens with zero attached hydrogens (tertiary/aromatic N) is 2. The van der Waals surface area contributed by atoms with Crippen molar-refractivity contribution in [2.45, 2.75) is 18.5 Å². The van der Waals surface area contributed by atoms with E-state index in [1.54, 1.807) is 14.2 Å². The second kappa shape index (κ2) is 8.71. The number of rotatable bonds is 5. The van der Waals surface area contributed by atoms with Crippen LogP contribution in [0.2, 0.25) is 0 Å². The smallest absolute Gasteiger partial charge is 0.241 e. The first kappa shape index (κ1) is 19.5. The van der Waals surface area contributed by atoms with Crippen LogP contribution in [0.3, 0.4) is 0 Å². The molecule has 4 rings (SSSR count). The third-order valence-corrected chi connectivity index (χ3v) is 5.75. The van der Waals surface area contributed by atoms with E-state index in [-0.39, 0.29) is 18.0 Å². The monoisotopic (exact) mass is 396 g/mol. The van der Waals surface area contributed by atoms with Gasteiger partial charge in [0.1, 0.15) is 17.5 Å². The third-order valence-electron chi connectivity index (χ3n) is 5.75. The SMILES string of the molecule is COc1ccc(C2CC(C(=O)N3CCN(c4ccc(OC)cc4)CC3)NN2)cc1. The fourth-order valence-electron chi connectivity index (χ4n) is 3.97. The summed E-state index contributed by atoms with van der Waals surface area (Å²) in [6.07, 6.45) is 0.740. The number of hydrazine groups is 1. The highest BCUT2D eigenvalue weighted by Gasteiger charge is 2.34. The minimum atomic E-state index is -0.199. The van der Waals surface area contributed by atoms with Gasteiger partial charge in [-0.15, -0.1) is 0 Å². The molecule has 2 aromatic carbocycles. The minimum absolute atomic E-state index is 0.121. The Hall–Kier alpha value is -2.77. The van der Waals surface area contributed by atoms with E-state index in [1.165, 1.54) is 0 Å². The molecule has 2 heterocycles. The average Bonchev–Trinajstić information content (AvgIpc) is 3.29. The summed E-state index contributed by atoms with van der Waals surface area (Å²) in [6.45, 7) is 3.13. The lowest BCUT2D eigenvalue weighted by Crippen LogP contribution is -2.53. The molecule has 154 valence electrons. The molecule has 1 amide bonds. The molecular weight excluding hydrogens is 368 g/mol. The van der Waals surface area contributed by atoms with Crippen LogP contribution in [0.15, 0.2) is 48.5 Å². The number of carbonyl (C=O) groups is 1. The van der Waals surface area contributed by atoms with Crippen LogP contribution in [0, 0.1) is 0 Å². The number of nitrogens with one attached hydrogen (secondary N) is 2. The zero-order chi connectivity index (χ0) is 20.2. The Morgan fingerprint density at radius 1 is 0.862 bits per heavy atom. The molecule has 2 aromatic rings. The molecule has 7 nitrogen and oxygen atoms in total. The lowest BCUT2D eigenvalue weighted by Gasteiger charge is -2.37. The van der Waals surface area contributed by atoms with Gasteiger partial charge in [-0.1, -0.05) is 12.1 Å². The van der Waals surface area contributed by atoms with Gasteiger partial charge < -0.3 is 19.3 Å². The van der Waals surface area contributed by atoms with Crippen LogP contribution < -0.4 is 25.2 Å². The lowest BCUT2D eigenvalue weighted by atomic mass is 10.0. The summed E-state index contributed by atoms with van der Waals surface area (Å²) in [4.78, 5) is 17.3. The molecule has 0 radical (unpaired) electrons. The first-order valence-corrected chi connectivity index (χ1v) is 10.0. The number of benzene rings is 2. The van der Waals surface area contributed by atoms with E-state index in [0.717, 1.165) is 55.3 Å². The molecule has 7 heteroatoms. The van der Waals surface area contributed by atoms with Crippen LogP contribution in [-0.2, 0) is 4.79 Å². The second-order valence-corrected chi connectivity index (χ2v) is 7.41. The van der Waals surface area contributed by atoms with Crippen molar-refractivity contribution in [2.75, 3.05) is 45.3 Å². The van der Waals surface area contributed by atoms with Crippen molar-refractivity contribution < 1.29 is 14.3 Å². The molecule has 2 aliphatic rings. The maximum atomic E-state index is 13.0. The van der Waals surface area contributed by atoms with Gasteiger partial charge in [-0.05, 0) is 48.4 Å². The van der Waals surface area contributed by atoms with Crippen LogP contribution in [0.25, 0.3) is 0 Å². The van der Waals surface area contributed by atoms with Crippen LogP contribution in [0.5, 0.6) is 11.5 Å². The van der Waals surface area contributed by atoms with Crippen molar-refractivity contribution in [1.29, 1.82) is 0 Å². The summed E-state index contributed by atoms with van der Waals surface area (Å²) in [5.74, 6) is 1.86. The van der Waals surface area contributed by atoms with Gasteiger partial charge in [0.2, 0.25) is 5.91 Å². The largest absolute Gasteiger partial charge is 0.497 e. The average molecular weight is 396 g/mol. The van der Waals surface area contributed by atoms with E-state index in [2.05, 4.69) is 27.9 Å². The van der Waals surface area contributed by atoms with Crippen molar-refractivity contribution >= 4 is 11.6 Å². The first-order chi connectivity index (χ1) is 14.2. The number of hydrogen-bond acceptors (Lipinski definition) is 6. The Morgan fingerprint density at radius 3 is 2.03 bits per heavy atom. The highest BCUT2D eigenvalue weighted by molar-refractivity contribution is 5.82. The number of ether oxygens (including phenoxy) is 2. The quantitative estimate of drug-likeness (QED) is 0.806. The number of hydrogen-bond donors (Lipinski definition) is 2. The lowest BCUT2D eigenvalue weighted by molar-refractivity contribution is -0.133. The molecule has 0 aliphatic carbocycles. The van der Waals surface area contributed by atoms with Crippen LogP contribution in [0.1, 0.15) is 18.0 Å². The molecule has 2 fully saturated rings. The Balaban J connectivity index is 1.30. The standard InChI is InChI=1S/C22H28N4O3/c1-28-18-7-3-16(4-8-18)20-15-21(24-23-20)22(27)26-13-11-25(12-14-26)17-5-9-19(29-2)10-6-17/h3-10,20-21,23-24H,11-15H2,1-2H3. The number of carbonyl (C=O) groups excluding carboxylic acids is 1. The molecule has 2 N–H and O–H groups in total. The van der Waals surface area contributed by atoms with Gasteiger partial charge in [0, 0.05) is 37.9 Å². The van der Waals surface area contributed by atoms with Crippen LogP contribution >= 0.6 is 0 Å².